The molecule has 0 spiro atoms. The van der Waals surface area contributed by atoms with Crippen LogP contribution in [0.1, 0.15) is 12.5 Å². The van der Waals surface area contributed by atoms with Gasteiger partial charge in [0.2, 0.25) is 0 Å². The zero-order chi connectivity index (χ0) is 17.7. The molecule has 0 aliphatic heterocycles. The van der Waals surface area contributed by atoms with Crippen LogP contribution >= 0.6 is 15.9 Å². The molecule has 1 aromatic heterocycles. The van der Waals surface area contributed by atoms with Crippen molar-refractivity contribution in [1.82, 2.24) is 4.57 Å². The molecule has 0 atom stereocenters. The van der Waals surface area contributed by atoms with E-state index in [1.54, 1.807) is 37.3 Å². The number of hydrogen-bond acceptors (Lipinski definition) is 2. The molecule has 0 saturated carbocycles. The lowest BCUT2D eigenvalue weighted by molar-refractivity contribution is 0.126. The van der Waals surface area contributed by atoms with Crippen LogP contribution in [0.3, 0.4) is 0 Å². The van der Waals surface area contributed by atoms with Crippen LogP contribution in [0.2, 0.25) is 0 Å². The predicted octanol–water partition coefficient (Wildman–Crippen LogP) is 4.25. The van der Waals surface area contributed by atoms with Crippen LogP contribution in [0.4, 0.5) is 8.78 Å². The Bertz CT molecular complexity index is 850. The van der Waals surface area contributed by atoms with Crippen molar-refractivity contribution in [3.05, 3.63) is 50.7 Å². The molecule has 0 saturated heterocycles. The van der Waals surface area contributed by atoms with Crippen LogP contribution in [0.25, 0.3) is 11.3 Å². The van der Waals surface area contributed by atoms with Crippen molar-refractivity contribution < 1.29 is 13.5 Å². The van der Waals surface area contributed by atoms with Gasteiger partial charge in [0.05, 0.1) is 16.7 Å². The van der Waals surface area contributed by atoms with Crippen molar-refractivity contribution >= 4 is 15.9 Å². The fraction of sp³-hybridized carbons (Fsp3) is 0.278. The molecule has 0 bridgehead atoms. The Balaban J connectivity index is 2.46. The van der Waals surface area contributed by atoms with E-state index in [9.17, 15) is 13.6 Å². The number of alkyl halides is 2. The Morgan fingerprint density at radius 3 is 2.67 bits per heavy atom. The number of benzene rings is 1. The van der Waals surface area contributed by atoms with Gasteiger partial charge in [0, 0.05) is 5.56 Å². The fourth-order valence-corrected chi connectivity index (χ4v) is 2.66. The number of halogens is 3. The van der Waals surface area contributed by atoms with Crippen molar-refractivity contribution in [2.45, 2.75) is 26.8 Å². The molecular weight excluding hydrogens is 380 g/mol. The molecule has 1 heterocycles. The molecule has 24 heavy (non-hydrogen) atoms. The summed E-state index contributed by atoms with van der Waals surface area (Å²) >= 11 is 3.10. The number of pyridine rings is 1. The van der Waals surface area contributed by atoms with Crippen LogP contribution in [0.5, 0.6) is 5.75 Å². The van der Waals surface area contributed by atoms with Gasteiger partial charge >= 0.3 is 0 Å². The number of aromatic nitrogens is 1. The number of rotatable bonds is 5. The van der Waals surface area contributed by atoms with E-state index in [2.05, 4.69) is 27.8 Å². The molecule has 0 radical (unpaired) electrons. The minimum atomic E-state index is -2.62. The summed E-state index contributed by atoms with van der Waals surface area (Å²) in [7, 11) is 0. The summed E-state index contributed by atoms with van der Waals surface area (Å²) in [4.78, 5) is 12.2. The summed E-state index contributed by atoms with van der Waals surface area (Å²) in [5.74, 6) is 6.18. The van der Waals surface area contributed by atoms with E-state index in [4.69, 9.17) is 4.74 Å². The lowest BCUT2D eigenvalue weighted by atomic mass is 10.0. The number of nitrogens with zero attached hydrogens (tertiary/aromatic N) is 1. The second-order valence-corrected chi connectivity index (χ2v) is 5.92. The Hall–Kier alpha value is -2.13. The monoisotopic (exact) mass is 395 g/mol. The Kier molecular flexibility index (Phi) is 6.16. The third-order valence-electron chi connectivity index (χ3n) is 3.41. The fourth-order valence-electron chi connectivity index (χ4n) is 2.31. The van der Waals surface area contributed by atoms with E-state index in [1.807, 2.05) is 6.92 Å². The highest BCUT2D eigenvalue weighted by Gasteiger charge is 2.15. The van der Waals surface area contributed by atoms with Gasteiger partial charge in [-0.05, 0) is 65.7 Å². The Labute approximate surface area is 147 Å². The van der Waals surface area contributed by atoms with Gasteiger partial charge in [-0.1, -0.05) is 5.92 Å². The van der Waals surface area contributed by atoms with Gasteiger partial charge in [0.15, 0.2) is 0 Å². The first-order valence-corrected chi connectivity index (χ1v) is 8.04. The SMILES string of the molecule is CC#CCOc1ccc(-c2ccc(Br)c(=O)n2CC(F)F)c(C)c1. The lowest BCUT2D eigenvalue weighted by Crippen LogP contribution is -2.25. The maximum atomic E-state index is 12.9. The third-order valence-corrected chi connectivity index (χ3v) is 4.01. The topological polar surface area (TPSA) is 31.2 Å². The van der Waals surface area contributed by atoms with E-state index in [1.165, 1.54) is 0 Å². The number of ether oxygens (including phenoxy) is 1. The highest BCUT2D eigenvalue weighted by Crippen LogP contribution is 2.27. The third kappa shape index (κ3) is 4.24. The van der Waals surface area contributed by atoms with Crippen molar-refractivity contribution in [1.29, 1.82) is 0 Å². The number of hydrogen-bond donors (Lipinski definition) is 0. The van der Waals surface area contributed by atoms with Crippen molar-refractivity contribution in [3.8, 4) is 28.8 Å². The zero-order valence-corrected chi connectivity index (χ0v) is 14.9. The molecule has 0 aliphatic rings. The van der Waals surface area contributed by atoms with Gasteiger partial charge in [-0.2, -0.15) is 0 Å². The molecule has 0 fully saturated rings. The van der Waals surface area contributed by atoms with Gasteiger partial charge in [-0.15, -0.1) is 5.92 Å². The molecule has 0 amide bonds. The molecule has 2 aromatic rings. The molecule has 1 aromatic carbocycles. The van der Waals surface area contributed by atoms with Crippen LogP contribution in [0.15, 0.2) is 39.6 Å². The maximum absolute atomic E-state index is 12.9. The van der Waals surface area contributed by atoms with Crippen molar-refractivity contribution in [3.63, 3.8) is 0 Å². The first-order chi connectivity index (χ1) is 11.4. The lowest BCUT2D eigenvalue weighted by Gasteiger charge is -2.15. The van der Waals surface area contributed by atoms with Gasteiger partial charge in [-0.3, -0.25) is 4.79 Å². The van der Waals surface area contributed by atoms with E-state index < -0.39 is 18.5 Å². The molecule has 3 nitrogen and oxygen atoms in total. The summed E-state index contributed by atoms with van der Waals surface area (Å²) in [6.07, 6.45) is -2.62. The summed E-state index contributed by atoms with van der Waals surface area (Å²) < 4.78 is 32.5. The summed E-state index contributed by atoms with van der Waals surface area (Å²) in [5.41, 5.74) is 1.49. The Morgan fingerprint density at radius 1 is 1.29 bits per heavy atom. The van der Waals surface area contributed by atoms with E-state index in [-0.39, 0.29) is 11.1 Å². The normalized spacial score (nSPS) is 10.4. The second-order valence-electron chi connectivity index (χ2n) is 5.07. The van der Waals surface area contributed by atoms with Gasteiger partial charge in [0.25, 0.3) is 12.0 Å². The first kappa shape index (κ1) is 18.2. The average Bonchev–Trinajstić information content (AvgIpc) is 2.53. The standard InChI is InChI=1S/C18H16BrF2NO2/c1-3-4-9-24-13-5-6-14(12(2)10-13)16-8-7-15(19)18(23)22(16)11-17(20)21/h5-8,10,17H,9,11H2,1-2H3. The summed E-state index contributed by atoms with van der Waals surface area (Å²) in [5, 5.41) is 0. The summed E-state index contributed by atoms with van der Waals surface area (Å²) in [6.45, 7) is 3.20. The van der Waals surface area contributed by atoms with Crippen LogP contribution in [0, 0.1) is 18.8 Å². The molecule has 0 N–H and O–H groups in total. The van der Waals surface area contributed by atoms with Crippen LogP contribution < -0.4 is 10.3 Å². The Morgan fingerprint density at radius 2 is 2.04 bits per heavy atom. The highest BCUT2D eigenvalue weighted by atomic mass is 79.9. The highest BCUT2D eigenvalue weighted by molar-refractivity contribution is 9.10. The first-order valence-electron chi connectivity index (χ1n) is 7.25. The van der Waals surface area contributed by atoms with Gasteiger partial charge < -0.3 is 9.30 Å². The van der Waals surface area contributed by atoms with Crippen molar-refractivity contribution in [2.24, 2.45) is 0 Å². The van der Waals surface area contributed by atoms with Crippen LogP contribution in [-0.2, 0) is 6.54 Å². The minimum Gasteiger partial charge on any atom is -0.481 e. The minimum absolute atomic E-state index is 0.252. The second kappa shape index (κ2) is 8.11. The maximum Gasteiger partial charge on any atom is 0.265 e. The van der Waals surface area contributed by atoms with Gasteiger partial charge in [0.1, 0.15) is 12.4 Å². The molecule has 6 heteroatoms. The van der Waals surface area contributed by atoms with Gasteiger partial charge in [-0.25, -0.2) is 8.78 Å². The van der Waals surface area contributed by atoms with E-state index >= 15 is 0 Å². The molecule has 0 unspecified atom stereocenters. The predicted molar refractivity (Wildman–Crippen MR) is 93.5 cm³/mol. The quantitative estimate of drug-likeness (QED) is 0.708. The smallest absolute Gasteiger partial charge is 0.265 e. The zero-order valence-electron chi connectivity index (χ0n) is 13.3. The largest absolute Gasteiger partial charge is 0.481 e. The molecular formula is C18H16BrF2NO2. The van der Waals surface area contributed by atoms with Crippen molar-refractivity contribution in [2.75, 3.05) is 6.61 Å². The number of aryl methyl sites for hydroxylation is 1. The molecule has 0 aliphatic carbocycles. The molecule has 2 rings (SSSR count). The molecule has 126 valence electrons. The van der Waals surface area contributed by atoms with E-state index in [0.717, 1.165) is 10.1 Å². The van der Waals surface area contributed by atoms with Crippen LogP contribution in [-0.4, -0.2) is 17.6 Å². The summed E-state index contributed by atoms with van der Waals surface area (Å²) in [6, 6.07) is 8.51. The average molecular weight is 396 g/mol. The van der Waals surface area contributed by atoms with E-state index in [0.29, 0.717) is 17.0 Å².